The van der Waals surface area contributed by atoms with Crippen molar-refractivity contribution in [2.75, 3.05) is 4.72 Å². The maximum absolute atomic E-state index is 12.0. The molecule has 2 heterocycles. The first-order valence-corrected chi connectivity index (χ1v) is 7.39. The van der Waals surface area contributed by atoms with Crippen molar-refractivity contribution in [2.45, 2.75) is 4.90 Å². The van der Waals surface area contributed by atoms with Gasteiger partial charge < -0.3 is 0 Å². The van der Waals surface area contributed by atoms with Gasteiger partial charge in [-0.15, -0.1) is 0 Å². The number of halogens is 2. The molecule has 8 heteroatoms. The normalized spacial score (nSPS) is 11.2. The molecule has 0 bridgehead atoms. The molecule has 2 aromatic heterocycles. The average Bonchev–Trinajstić information content (AvgIpc) is 2.28. The first-order chi connectivity index (χ1) is 8.47. The van der Waals surface area contributed by atoms with Crippen LogP contribution in [-0.2, 0) is 10.0 Å². The molecule has 0 aromatic carbocycles. The maximum atomic E-state index is 12.0. The van der Waals surface area contributed by atoms with E-state index in [0.717, 1.165) is 0 Å². The molecule has 0 aliphatic carbocycles. The second-order valence-electron chi connectivity index (χ2n) is 3.29. The average molecular weight is 349 g/mol. The van der Waals surface area contributed by atoms with Crippen molar-refractivity contribution in [1.82, 2.24) is 9.97 Å². The summed E-state index contributed by atoms with van der Waals surface area (Å²) in [5.41, 5.74) is 0. The lowest BCUT2D eigenvalue weighted by atomic mass is 10.5. The van der Waals surface area contributed by atoms with Crippen LogP contribution in [0.3, 0.4) is 0 Å². The highest BCUT2D eigenvalue weighted by Crippen LogP contribution is 2.18. The monoisotopic (exact) mass is 347 g/mol. The van der Waals surface area contributed by atoms with Crippen molar-refractivity contribution in [3.05, 3.63) is 46.3 Å². The van der Waals surface area contributed by atoms with Gasteiger partial charge in [0, 0.05) is 16.9 Å². The fourth-order valence-corrected chi connectivity index (χ4v) is 2.87. The van der Waals surface area contributed by atoms with Crippen LogP contribution >= 0.6 is 27.5 Å². The molecule has 0 unspecified atom stereocenters. The van der Waals surface area contributed by atoms with Crippen LogP contribution in [0.2, 0.25) is 5.15 Å². The summed E-state index contributed by atoms with van der Waals surface area (Å²) in [5, 5.41) is 0.211. The highest BCUT2D eigenvalue weighted by Gasteiger charge is 2.15. The maximum Gasteiger partial charge on any atom is 0.264 e. The number of aromatic nitrogens is 2. The van der Waals surface area contributed by atoms with Gasteiger partial charge in [-0.3, -0.25) is 9.71 Å². The molecule has 2 rings (SSSR count). The van der Waals surface area contributed by atoms with E-state index in [4.69, 9.17) is 11.6 Å². The fourth-order valence-electron chi connectivity index (χ4n) is 1.20. The van der Waals surface area contributed by atoms with E-state index in [1.807, 2.05) is 0 Å². The van der Waals surface area contributed by atoms with E-state index in [1.54, 1.807) is 12.1 Å². The molecular weight excluding hydrogens is 342 g/mol. The van der Waals surface area contributed by atoms with Gasteiger partial charge in [-0.05, 0) is 34.1 Å². The molecule has 5 nitrogen and oxygen atoms in total. The van der Waals surface area contributed by atoms with Crippen LogP contribution in [0, 0.1) is 0 Å². The number of hydrogen-bond acceptors (Lipinski definition) is 4. The molecule has 94 valence electrons. The van der Waals surface area contributed by atoms with Gasteiger partial charge >= 0.3 is 0 Å². The van der Waals surface area contributed by atoms with E-state index in [2.05, 4.69) is 30.6 Å². The summed E-state index contributed by atoms with van der Waals surface area (Å²) in [4.78, 5) is 7.69. The first-order valence-electron chi connectivity index (χ1n) is 4.73. The number of nitrogens with zero attached hydrogens (tertiary/aromatic N) is 2. The number of anilines is 1. The second kappa shape index (κ2) is 5.21. The fraction of sp³-hybridized carbons (Fsp3) is 0. The summed E-state index contributed by atoms with van der Waals surface area (Å²) < 4.78 is 26.9. The Morgan fingerprint density at radius 2 is 2.06 bits per heavy atom. The van der Waals surface area contributed by atoms with Gasteiger partial charge in [0.1, 0.15) is 15.9 Å². The Kier molecular flexibility index (Phi) is 3.84. The highest BCUT2D eigenvalue weighted by molar-refractivity contribution is 9.10. The predicted octanol–water partition coefficient (Wildman–Crippen LogP) is 2.69. The molecular formula is C10H7BrClN3O2S. The highest BCUT2D eigenvalue weighted by atomic mass is 79.9. The molecule has 0 amide bonds. The predicted molar refractivity (Wildman–Crippen MR) is 72.0 cm³/mol. The third kappa shape index (κ3) is 3.18. The molecule has 0 saturated heterocycles. The van der Waals surface area contributed by atoms with Gasteiger partial charge in [0.05, 0.1) is 0 Å². The van der Waals surface area contributed by atoms with E-state index in [1.165, 1.54) is 24.5 Å². The van der Waals surface area contributed by atoms with Gasteiger partial charge in [-0.2, -0.15) is 0 Å². The first kappa shape index (κ1) is 13.3. The zero-order valence-electron chi connectivity index (χ0n) is 8.84. The topological polar surface area (TPSA) is 72.0 Å². The Bertz CT molecular complexity index is 678. The molecule has 0 saturated carbocycles. The number of nitrogens with one attached hydrogen (secondary N) is 1. The Hall–Kier alpha value is -1.18. The standard InChI is InChI=1S/C10H7BrClN3O2S/c11-7-4-8(6-13-5-7)18(16,17)15-10-3-1-2-9(12)14-10/h1-6H,(H,14,15). The van der Waals surface area contributed by atoms with E-state index in [-0.39, 0.29) is 15.9 Å². The largest absolute Gasteiger partial charge is 0.264 e. The molecule has 0 aliphatic rings. The van der Waals surface area contributed by atoms with Crippen LogP contribution in [-0.4, -0.2) is 18.4 Å². The molecule has 2 aromatic rings. The van der Waals surface area contributed by atoms with Crippen molar-refractivity contribution < 1.29 is 8.42 Å². The minimum Gasteiger partial charge on any atom is -0.263 e. The van der Waals surface area contributed by atoms with Crippen molar-refractivity contribution in [1.29, 1.82) is 0 Å². The summed E-state index contributed by atoms with van der Waals surface area (Å²) in [7, 11) is -3.72. The minimum absolute atomic E-state index is 0.0404. The van der Waals surface area contributed by atoms with Gasteiger partial charge in [-0.1, -0.05) is 17.7 Å². The molecule has 0 aliphatic heterocycles. The molecule has 0 spiro atoms. The summed E-state index contributed by atoms with van der Waals surface area (Å²) in [5.74, 6) is 0.155. The van der Waals surface area contributed by atoms with E-state index in [9.17, 15) is 8.42 Å². The number of pyridine rings is 2. The number of rotatable bonds is 3. The SMILES string of the molecule is O=S(=O)(Nc1cccc(Cl)n1)c1cncc(Br)c1. The Morgan fingerprint density at radius 3 is 2.72 bits per heavy atom. The summed E-state index contributed by atoms with van der Waals surface area (Å²) in [6.07, 6.45) is 2.74. The lowest BCUT2D eigenvalue weighted by Crippen LogP contribution is -2.14. The van der Waals surface area contributed by atoms with Gasteiger partial charge in [0.25, 0.3) is 10.0 Å². The summed E-state index contributed by atoms with van der Waals surface area (Å²) in [6.45, 7) is 0. The van der Waals surface area contributed by atoms with Crippen molar-refractivity contribution in [3.8, 4) is 0 Å². The van der Waals surface area contributed by atoms with Crippen LogP contribution < -0.4 is 4.72 Å². The van der Waals surface area contributed by atoms with Crippen molar-refractivity contribution in [3.63, 3.8) is 0 Å². The van der Waals surface area contributed by atoms with Crippen LogP contribution in [0.4, 0.5) is 5.82 Å². The van der Waals surface area contributed by atoms with Gasteiger partial charge in [-0.25, -0.2) is 13.4 Å². The Morgan fingerprint density at radius 1 is 1.28 bits per heavy atom. The molecule has 0 fully saturated rings. The lowest BCUT2D eigenvalue weighted by Gasteiger charge is -2.07. The smallest absolute Gasteiger partial charge is 0.263 e. The molecule has 1 N–H and O–H groups in total. The Balaban J connectivity index is 2.33. The molecule has 0 radical (unpaired) electrons. The van der Waals surface area contributed by atoms with Crippen LogP contribution in [0.15, 0.2) is 46.0 Å². The second-order valence-corrected chi connectivity index (χ2v) is 6.28. The van der Waals surface area contributed by atoms with Gasteiger partial charge in [0.15, 0.2) is 0 Å². The Labute approximate surface area is 117 Å². The third-order valence-electron chi connectivity index (χ3n) is 1.94. The lowest BCUT2D eigenvalue weighted by molar-refractivity contribution is 0.600. The zero-order valence-corrected chi connectivity index (χ0v) is 12.0. The zero-order chi connectivity index (χ0) is 13.2. The van der Waals surface area contributed by atoms with E-state index < -0.39 is 10.0 Å². The summed E-state index contributed by atoms with van der Waals surface area (Å²) >= 11 is 8.84. The van der Waals surface area contributed by atoms with Crippen molar-refractivity contribution >= 4 is 43.4 Å². The number of sulfonamides is 1. The minimum atomic E-state index is -3.72. The van der Waals surface area contributed by atoms with Crippen LogP contribution in [0.5, 0.6) is 0 Å². The van der Waals surface area contributed by atoms with Crippen LogP contribution in [0.25, 0.3) is 0 Å². The quantitative estimate of drug-likeness (QED) is 0.866. The molecule has 18 heavy (non-hydrogen) atoms. The van der Waals surface area contributed by atoms with Crippen LogP contribution in [0.1, 0.15) is 0 Å². The van der Waals surface area contributed by atoms with Gasteiger partial charge in [0.2, 0.25) is 0 Å². The van der Waals surface area contributed by atoms with E-state index in [0.29, 0.717) is 4.47 Å². The summed E-state index contributed by atoms with van der Waals surface area (Å²) in [6, 6.07) is 6.11. The molecule has 0 atom stereocenters. The number of hydrogen-bond donors (Lipinski definition) is 1. The third-order valence-corrected chi connectivity index (χ3v) is 3.91. The van der Waals surface area contributed by atoms with E-state index >= 15 is 0 Å². The van der Waals surface area contributed by atoms with Crippen molar-refractivity contribution in [2.24, 2.45) is 0 Å².